The number of carbonyl (C=O) groups is 1. The van der Waals surface area contributed by atoms with Gasteiger partial charge in [-0.1, -0.05) is 32.5 Å². The number of nitrogens with two attached hydrogens (primary N) is 1. The van der Waals surface area contributed by atoms with E-state index in [2.05, 4.69) is 20.4 Å². The van der Waals surface area contributed by atoms with E-state index in [9.17, 15) is 4.79 Å². The molecule has 0 aliphatic heterocycles. The van der Waals surface area contributed by atoms with E-state index < -0.39 is 0 Å². The average Bonchev–Trinajstić information content (AvgIpc) is 3.11. The van der Waals surface area contributed by atoms with Gasteiger partial charge in [0.05, 0.1) is 5.75 Å². The Balaban J connectivity index is 1.79. The van der Waals surface area contributed by atoms with E-state index in [1.54, 1.807) is 0 Å². The van der Waals surface area contributed by atoms with Crippen LogP contribution in [0.2, 0.25) is 0 Å². The molecule has 0 radical (unpaired) electrons. The van der Waals surface area contributed by atoms with Crippen LogP contribution in [0.25, 0.3) is 11.5 Å². The lowest BCUT2D eigenvalue weighted by atomic mass is 9.92. The van der Waals surface area contributed by atoms with Crippen LogP contribution in [-0.4, -0.2) is 36.6 Å². The molecule has 1 aliphatic carbocycles. The van der Waals surface area contributed by atoms with Crippen LogP contribution in [0.15, 0.2) is 5.16 Å². The number of carbonyl (C=O) groups excluding carboxylic acids is 1. The second-order valence-electron chi connectivity index (χ2n) is 6.52. The summed E-state index contributed by atoms with van der Waals surface area (Å²) in [7, 11) is 0. The fourth-order valence-corrected chi connectivity index (χ4v) is 3.41. The lowest BCUT2D eigenvalue weighted by molar-refractivity contribution is -0.123. The Hall–Kier alpha value is -1.83. The molecule has 0 saturated heterocycles. The highest BCUT2D eigenvalue weighted by Gasteiger charge is 2.25. The van der Waals surface area contributed by atoms with Gasteiger partial charge in [0.2, 0.25) is 11.0 Å². The normalized spacial score (nSPS) is 14.3. The summed E-state index contributed by atoms with van der Waals surface area (Å²) in [6.45, 7) is 5.71. The SMILES string of the molecule is CC(C)(C)C(=O)CSc1nnc(-c2n[nH]c3c2CCC3)n1N. The summed E-state index contributed by atoms with van der Waals surface area (Å²) in [5.74, 6) is 7.12. The summed E-state index contributed by atoms with van der Waals surface area (Å²) in [5.41, 5.74) is 2.76. The van der Waals surface area contributed by atoms with Crippen molar-refractivity contribution in [2.45, 2.75) is 45.2 Å². The predicted octanol–water partition coefficient (Wildman–Crippen LogP) is 1.58. The van der Waals surface area contributed by atoms with Crippen LogP contribution in [0, 0.1) is 5.41 Å². The molecule has 2 heterocycles. The van der Waals surface area contributed by atoms with Crippen molar-refractivity contribution in [3.05, 3.63) is 11.3 Å². The lowest BCUT2D eigenvalue weighted by Gasteiger charge is -2.15. The number of Topliss-reactive ketones (excluding diaryl/α,β-unsaturated/α-hetero) is 1. The van der Waals surface area contributed by atoms with Gasteiger partial charge in [0.1, 0.15) is 11.5 Å². The third-order valence-electron chi connectivity index (χ3n) is 3.85. The molecule has 0 atom stereocenters. The number of aromatic nitrogens is 5. The lowest BCUT2D eigenvalue weighted by Crippen LogP contribution is -2.22. The van der Waals surface area contributed by atoms with Gasteiger partial charge >= 0.3 is 0 Å². The summed E-state index contributed by atoms with van der Waals surface area (Å²) >= 11 is 1.31. The van der Waals surface area contributed by atoms with Crippen LogP contribution in [0.5, 0.6) is 0 Å². The minimum atomic E-state index is -0.363. The summed E-state index contributed by atoms with van der Waals surface area (Å²) in [5, 5.41) is 16.1. The Morgan fingerprint density at radius 1 is 1.36 bits per heavy atom. The highest BCUT2D eigenvalue weighted by molar-refractivity contribution is 7.99. The maximum absolute atomic E-state index is 12.0. The van der Waals surface area contributed by atoms with E-state index in [1.165, 1.54) is 22.0 Å². The minimum absolute atomic E-state index is 0.155. The molecule has 0 fully saturated rings. The zero-order valence-electron chi connectivity index (χ0n) is 13.0. The first-order valence-corrected chi connectivity index (χ1v) is 8.29. The fraction of sp³-hybridized carbons (Fsp3) is 0.571. The standard InChI is InChI=1S/C14H20N6OS/c1-14(2,3)10(21)7-22-13-19-18-12(20(13)15)11-8-5-4-6-9(8)16-17-11/h4-7,15H2,1-3H3,(H,16,17). The van der Waals surface area contributed by atoms with Gasteiger partial charge in [0, 0.05) is 16.7 Å². The monoisotopic (exact) mass is 320 g/mol. The number of aromatic amines is 1. The number of thioether (sulfide) groups is 1. The number of ketones is 1. The number of H-pyrrole nitrogens is 1. The highest BCUT2D eigenvalue weighted by atomic mass is 32.2. The molecule has 0 bridgehead atoms. The number of nitrogen functional groups attached to an aromatic ring is 1. The van der Waals surface area contributed by atoms with Gasteiger partial charge < -0.3 is 5.84 Å². The zero-order valence-corrected chi connectivity index (χ0v) is 13.8. The average molecular weight is 320 g/mol. The first-order chi connectivity index (χ1) is 10.4. The molecule has 22 heavy (non-hydrogen) atoms. The molecule has 0 unspecified atom stereocenters. The quantitative estimate of drug-likeness (QED) is 0.655. The van der Waals surface area contributed by atoms with Crippen molar-refractivity contribution >= 4 is 17.5 Å². The minimum Gasteiger partial charge on any atom is -0.335 e. The molecule has 2 aromatic rings. The number of nitrogens with one attached hydrogen (secondary N) is 1. The third kappa shape index (κ3) is 2.63. The second-order valence-corrected chi connectivity index (χ2v) is 7.46. The molecule has 0 saturated carbocycles. The predicted molar refractivity (Wildman–Crippen MR) is 85.0 cm³/mol. The van der Waals surface area contributed by atoms with Gasteiger partial charge in [-0.15, -0.1) is 10.2 Å². The molecule has 118 valence electrons. The van der Waals surface area contributed by atoms with Gasteiger partial charge in [0.15, 0.2) is 0 Å². The van der Waals surface area contributed by atoms with E-state index in [-0.39, 0.29) is 11.2 Å². The summed E-state index contributed by atoms with van der Waals surface area (Å²) in [6.07, 6.45) is 3.12. The first-order valence-electron chi connectivity index (χ1n) is 7.31. The largest absolute Gasteiger partial charge is 0.335 e. The van der Waals surface area contributed by atoms with Gasteiger partial charge in [-0.2, -0.15) is 5.10 Å². The zero-order chi connectivity index (χ0) is 15.9. The van der Waals surface area contributed by atoms with E-state index in [0.29, 0.717) is 16.7 Å². The Labute approximate surface area is 133 Å². The molecule has 3 rings (SSSR count). The van der Waals surface area contributed by atoms with Crippen LogP contribution in [-0.2, 0) is 17.6 Å². The molecular weight excluding hydrogens is 300 g/mol. The topological polar surface area (TPSA) is 102 Å². The Kier molecular flexibility index (Phi) is 3.72. The Morgan fingerprint density at radius 2 is 2.14 bits per heavy atom. The van der Waals surface area contributed by atoms with Gasteiger partial charge in [-0.25, -0.2) is 4.68 Å². The fourth-order valence-electron chi connectivity index (χ4n) is 2.39. The van der Waals surface area contributed by atoms with E-state index in [1.807, 2.05) is 20.8 Å². The molecule has 0 amide bonds. The third-order valence-corrected chi connectivity index (χ3v) is 4.79. The van der Waals surface area contributed by atoms with Crippen molar-refractivity contribution in [2.75, 3.05) is 11.6 Å². The van der Waals surface area contributed by atoms with E-state index >= 15 is 0 Å². The van der Waals surface area contributed by atoms with Crippen LogP contribution in [0.1, 0.15) is 38.4 Å². The van der Waals surface area contributed by atoms with Crippen molar-refractivity contribution < 1.29 is 4.79 Å². The Bertz CT molecular complexity index is 711. The molecule has 1 aliphatic rings. The highest BCUT2D eigenvalue weighted by Crippen LogP contribution is 2.30. The second kappa shape index (κ2) is 5.42. The number of nitrogens with zero attached hydrogens (tertiary/aromatic N) is 4. The summed E-state index contributed by atoms with van der Waals surface area (Å²) in [4.78, 5) is 12.0. The van der Waals surface area contributed by atoms with Crippen molar-refractivity contribution in [3.8, 4) is 11.5 Å². The number of fused-ring (bicyclic) bond motifs is 1. The van der Waals surface area contributed by atoms with E-state index in [4.69, 9.17) is 5.84 Å². The molecule has 8 heteroatoms. The molecule has 2 aromatic heterocycles. The summed E-state index contributed by atoms with van der Waals surface area (Å²) in [6, 6.07) is 0. The van der Waals surface area contributed by atoms with Crippen molar-refractivity contribution in [3.63, 3.8) is 0 Å². The van der Waals surface area contributed by atoms with Crippen LogP contribution >= 0.6 is 11.8 Å². The Morgan fingerprint density at radius 3 is 2.86 bits per heavy atom. The van der Waals surface area contributed by atoms with Crippen LogP contribution < -0.4 is 5.84 Å². The van der Waals surface area contributed by atoms with Crippen molar-refractivity contribution in [2.24, 2.45) is 5.41 Å². The van der Waals surface area contributed by atoms with Crippen molar-refractivity contribution in [1.29, 1.82) is 0 Å². The van der Waals surface area contributed by atoms with Crippen molar-refractivity contribution in [1.82, 2.24) is 25.1 Å². The number of rotatable bonds is 4. The smallest absolute Gasteiger partial charge is 0.210 e. The number of aryl methyl sites for hydroxylation is 1. The maximum atomic E-state index is 12.0. The molecule has 3 N–H and O–H groups in total. The van der Waals surface area contributed by atoms with Gasteiger partial charge in [-0.3, -0.25) is 9.89 Å². The number of hydrogen-bond donors (Lipinski definition) is 2. The molecule has 7 nitrogen and oxygen atoms in total. The molecule has 0 spiro atoms. The number of hydrogen-bond acceptors (Lipinski definition) is 6. The first kappa shape index (κ1) is 15.1. The van der Waals surface area contributed by atoms with E-state index in [0.717, 1.165) is 30.7 Å². The maximum Gasteiger partial charge on any atom is 0.210 e. The molecule has 0 aromatic carbocycles. The van der Waals surface area contributed by atoms with Gasteiger partial charge in [0.25, 0.3) is 0 Å². The van der Waals surface area contributed by atoms with Crippen LogP contribution in [0.4, 0.5) is 0 Å². The molecular formula is C14H20N6OS. The van der Waals surface area contributed by atoms with Crippen LogP contribution in [0.3, 0.4) is 0 Å². The summed E-state index contributed by atoms with van der Waals surface area (Å²) < 4.78 is 1.43. The van der Waals surface area contributed by atoms with Gasteiger partial charge in [-0.05, 0) is 19.3 Å².